The highest BCUT2D eigenvalue weighted by molar-refractivity contribution is 7.18. The maximum Gasteiger partial charge on any atom is 0.246 e. The molecule has 1 atom stereocenters. The van der Waals surface area contributed by atoms with E-state index in [-0.39, 0.29) is 5.91 Å². The Morgan fingerprint density at radius 2 is 1.83 bits per heavy atom. The van der Waals surface area contributed by atoms with E-state index >= 15 is 0 Å². The summed E-state index contributed by atoms with van der Waals surface area (Å²) in [7, 11) is 3.56. The molecule has 0 aliphatic rings. The van der Waals surface area contributed by atoms with E-state index in [4.69, 9.17) is 9.72 Å². The quantitative estimate of drug-likeness (QED) is 0.454. The van der Waals surface area contributed by atoms with E-state index in [0.29, 0.717) is 18.0 Å². The van der Waals surface area contributed by atoms with Crippen molar-refractivity contribution < 1.29 is 9.53 Å². The van der Waals surface area contributed by atoms with Gasteiger partial charge in [0.15, 0.2) is 0 Å². The molecule has 0 aliphatic carbocycles. The number of para-hydroxylation sites is 1. The molecular formula is C24H23N3O2S. The number of nitrogens with zero attached hydrogens (tertiary/aromatic N) is 2. The van der Waals surface area contributed by atoms with Crippen molar-refractivity contribution in [2.45, 2.75) is 12.6 Å². The van der Waals surface area contributed by atoms with Crippen LogP contribution < -0.4 is 10.1 Å². The Morgan fingerprint density at radius 1 is 1.07 bits per heavy atom. The largest absolute Gasteiger partial charge is 0.497 e. The molecule has 5 nitrogen and oxygen atoms in total. The van der Waals surface area contributed by atoms with Gasteiger partial charge in [-0.25, -0.2) is 4.98 Å². The summed E-state index contributed by atoms with van der Waals surface area (Å²) in [6.07, 6.45) is 0. The van der Waals surface area contributed by atoms with Crippen molar-refractivity contribution in [1.82, 2.24) is 9.88 Å². The lowest BCUT2D eigenvalue weighted by atomic mass is 10.0. The number of likely N-dealkylation sites (N-methyl/N-ethyl adjacent to an activating group) is 1. The van der Waals surface area contributed by atoms with Gasteiger partial charge in [0.25, 0.3) is 0 Å². The van der Waals surface area contributed by atoms with Gasteiger partial charge in [0, 0.05) is 11.8 Å². The third kappa shape index (κ3) is 4.50. The Labute approximate surface area is 179 Å². The van der Waals surface area contributed by atoms with Crippen LogP contribution in [0.2, 0.25) is 0 Å². The highest BCUT2D eigenvalue weighted by atomic mass is 32.1. The van der Waals surface area contributed by atoms with Gasteiger partial charge in [-0.1, -0.05) is 48.5 Å². The van der Waals surface area contributed by atoms with E-state index in [0.717, 1.165) is 20.8 Å². The second kappa shape index (κ2) is 9.07. The monoisotopic (exact) mass is 417 g/mol. The van der Waals surface area contributed by atoms with Crippen LogP contribution in [0.25, 0.3) is 10.2 Å². The summed E-state index contributed by atoms with van der Waals surface area (Å²) in [6.45, 7) is 0.574. The molecule has 0 radical (unpaired) electrons. The lowest BCUT2D eigenvalue weighted by Crippen LogP contribution is -2.34. The fourth-order valence-corrected chi connectivity index (χ4v) is 4.48. The van der Waals surface area contributed by atoms with Crippen LogP contribution in [-0.2, 0) is 11.3 Å². The number of fused-ring (bicyclic) bond motifs is 1. The molecule has 6 heteroatoms. The smallest absolute Gasteiger partial charge is 0.246 e. The summed E-state index contributed by atoms with van der Waals surface area (Å²) < 4.78 is 6.42. The summed E-state index contributed by atoms with van der Waals surface area (Å²) in [4.78, 5) is 20.1. The standard InChI is InChI=1S/C24H23N3O2S/c1-27(16-22-26-20-13-6-7-14-21(20)30-22)23(17-9-4-3-5-10-17)24(28)25-18-11-8-12-19(15-18)29-2/h3-15,23H,16H2,1-2H3,(H,25,28). The number of nitrogens with one attached hydrogen (secondary N) is 1. The molecule has 0 fully saturated rings. The SMILES string of the molecule is COc1cccc(NC(=O)C(c2ccccc2)N(C)Cc2nc3ccccc3s2)c1. The van der Waals surface area contributed by atoms with Gasteiger partial charge in [-0.15, -0.1) is 11.3 Å². The van der Waals surface area contributed by atoms with Crippen molar-refractivity contribution in [3.05, 3.63) is 89.4 Å². The number of anilines is 1. The number of benzene rings is 3. The number of carbonyl (C=O) groups is 1. The van der Waals surface area contributed by atoms with Crippen molar-refractivity contribution in [2.75, 3.05) is 19.5 Å². The van der Waals surface area contributed by atoms with E-state index in [1.165, 1.54) is 0 Å². The maximum atomic E-state index is 13.3. The molecule has 0 saturated heterocycles. The molecule has 1 unspecified atom stereocenters. The zero-order valence-corrected chi connectivity index (χ0v) is 17.7. The zero-order valence-electron chi connectivity index (χ0n) is 16.9. The van der Waals surface area contributed by atoms with Gasteiger partial charge in [0.05, 0.1) is 23.9 Å². The predicted octanol–water partition coefficient (Wildman–Crippen LogP) is 5.12. The first-order valence-electron chi connectivity index (χ1n) is 9.68. The van der Waals surface area contributed by atoms with Crippen LogP contribution in [0.15, 0.2) is 78.9 Å². The molecule has 30 heavy (non-hydrogen) atoms. The molecule has 0 aliphatic heterocycles. The fourth-order valence-electron chi connectivity index (χ4n) is 3.44. The average molecular weight is 418 g/mol. The Bertz CT molecular complexity index is 1110. The van der Waals surface area contributed by atoms with Crippen molar-refractivity contribution in [3.8, 4) is 5.75 Å². The maximum absolute atomic E-state index is 13.3. The van der Waals surface area contributed by atoms with E-state index in [9.17, 15) is 4.79 Å². The Hall–Kier alpha value is -3.22. The number of methoxy groups -OCH3 is 1. The fraction of sp³-hybridized carbons (Fsp3) is 0.167. The minimum Gasteiger partial charge on any atom is -0.497 e. The molecule has 1 N–H and O–H groups in total. The number of carbonyl (C=O) groups excluding carboxylic acids is 1. The number of ether oxygens (including phenoxy) is 1. The number of amides is 1. The first-order chi connectivity index (χ1) is 14.6. The van der Waals surface area contributed by atoms with Crippen molar-refractivity contribution in [2.24, 2.45) is 0 Å². The second-order valence-electron chi connectivity index (χ2n) is 7.02. The van der Waals surface area contributed by atoms with Crippen molar-refractivity contribution in [3.63, 3.8) is 0 Å². The first kappa shape index (κ1) is 20.1. The molecule has 0 spiro atoms. The van der Waals surface area contributed by atoms with E-state index in [2.05, 4.69) is 11.4 Å². The molecule has 0 bridgehead atoms. The number of hydrogen-bond acceptors (Lipinski definition) is 5. The number of rotatable bonds is 7. The summed E-state index contributed by atoms with van der Waals surface area (Å²) in [6, 6.07) is 24.8. The van der Waals surface area contributed by atoms with E-state index in [1.807, 2.05) is 84.7 Å². The minimum atomic E-state index is -0.454. The topological polar surface area (TPSA) is 54.5 Å². The second-order valence-corrected chi connectivity index (χ2v) is 8.14. The van der Waals surface area contributed by atoms with Crippen molar-refractivity contribution in [1.29, 1.82) is 0 Å². The van der Waals surface area contributed by atoms with Crippen LogP contribution in [0.5, 0.6) is 5.75 Å². The van der Waals surface area contributed by atoms with Crippen LogP contribution in [0, 0.1) is 0 Å². The zero-order chi connectivity index (χ0) is 20.9. The average Bonchev–Trinajstić information content (AvgIpc) is 3.17. The summed E-state index contributed by atoms with van der Waals surface area (Å²) in [5, 5.41) is 4.01. The van der Waals surface area contributed by atoms with E-state index in [1.54, 1.807) is 18.4 Å². The van der Waals surface area contributed by atoms with Gasteiger partial charge in [-0.05, 0) is 36.9 Å². The Kier molecular flexibility index (Phi) is 6.07. The van der Waals surface area contributed by atoms with Gasteiger partial charge >= 0.3 is 0 Å². The third-order valence-electron chi connectivity index (χ3n) is 4.86. The van der Waals surface area contributed by atoms with Crippen molar-refractivity contribution >= 4 is 33.1 Å². The Balaban J connectivity index is 1.59. The van der Waals surface area contributed by atoms with Gasteiger partial charge in [-0.2, -0.15) is 0 Å². The Morgan fingerprint density at radius 3 is 2.60 bits per heavy atom. The minimum absolute atomic E-state index is 0.0990. The third-order valence-corrected chi connectivity index (χ3v) is 5.89. The molecule has 1 aromatic heterocycles. The number of aromatic nitrogens is 1. The highest BCUT2D eigenvalue weighted by Gasteiger charge is 2.26. The molecule has 3 aromatic carbocycles. The summed E-state index contributed by atoms with van der Waals surface area (Å²) >= 11 is 1.66. The summed E-state index contributed by atoms with van der Waals surface area (Å²) in [5.74, 6) is 0.602. The van der Waals surface area contributed by atoms with E-state index < -0.39 is 6.04 Å². The van der Waals surface area contributed by atoms with Crippen LogP contribution in [0.4, 0.5) is 5.69 Å². The molecule has 1 amide bonds. The molecule has 4 aromatic rings. The molecule has 1 heterocycles. The van der Waals surface area contributed by atoms with Gasteiger partial charge in [-0.3, -0.25) is 9.69 Å². The van der Waals surface area contributed by atoms with Gasteiger partial charge < -0.3 is 10.1 Å². The molecular weight excluding hydrogens is 394 g/mol. The molecule has 4 rings (SSSR count). The normalized spacial score (nSPS) is 12.1. The lowest BCUT2D eigenvalue weighted by Gasteiger charge is -2.27. The van der Waals surface area contributed by atoms with Gasteiger partial charge in [0.1, 0.15) is 16.8 Å². The van der Waals surface area contributed by atoms with Crippen LogP contribution in [-0.4, -0.2) is 29.9 Å². The molecule has 0 saturated carbocycles. The number of thiazole rings is 1. The predicted molar refractivity (Wildman–Crippen MR) is 122 cm³/mol. The van der Waals surface area contributed by atoms with Crippen LogP contribution in [0.3, 0.4) is 0 Å². The highest BCUT2D eigenvalue weighted by Crippen LogP contribution is 2.27. The number of hydrogen-bond donors (Lipinski definition) is 1. The summed E-state index contributed by atoms with van der Waals surface area (Å²) in [5.41, 5.74) is 2.62. The lowest BCUT2D eigenvalue weighted by molar-refractivity contribution is -0.121. The van der Waals surface area contributed by atoms with Gasteiger partial charge in [0.2, 0.25) is 5.91 Å². The van der Waals surface area contributed by atoms with Crippen LogP contribution in [0.1, 0.15) is 16.6 Å². The van der Waals surface area contributed by atoms with Crippen LogP contribution >= 0.6 is 11.3 Å². The molecule has 152 valence electrons. The first-order valence-corrected chi connectivity index (χ1v) is 10.5.